The van der Waals surface area contributed by atoms with Crippen LogP contribution in [0.1, 0.15) is 46.5 Å². The van der Waals surface area contributed by atoms with Crippen molar-refractivity contribution >= 4 is 5.97 Å². The maximum Gasteiger partial charge on any atom is 0.334 e. The molecule has 0 bridgehead atoms. The molecule has 74 valence electrons. The summed E-state index contributed by atoms with van der Waals surface area (Å²) in [6.45, 7) is 6.05. The summed E-state index contributed by atoms with van der Waals surface area (Å²) in [4.78, 5) is 11.3. The molecule has 0 saturated carbocycles. The zero-order chi connectivity index (χ0) is 9.90. The first-order chi connectivity index (χ1) is 6.05. The molecule has 2 heteroatoms. The molecule has 0 N–H and O–H groups in total. The molecular formula is C11H18O2. The molecule has 13 heavy (non-hydrogen) atoms. The summed E-state index contributed by atoms with van der Waals surface area (Å²) in [6.07, 6.45) is 6.10. The van der Waals surface area contributed by atoms with Crippen LogP contribution in [0.15, 0.2) is 11.6 Å². The van der Waals surface area contributed by atoms with E-state index >= 15 is 0 Å². The van der Waals surface area contributed by atoms with Gasteiger partial charge >= 0.3 is 5.97 Å². The Balaban J connectivity index is 2.52. The monoisotopic (exact) mass is 182 g/mol. The Morgan fingerprint density at radius 3 is 2.69 bits per heavy atom. The van der Waals surface area contributed by atoms with Crippen LogP contribution in [0.2, 0.25) is 0 Å². The van der Waals surface area contributed by atoms with Gasteiger partial charge in [0.15, 0.2) is 0 Å². The molecule has 1 rings (SSSR count). The van der Waals surface area contributed by atoms with E-state index in [1.54, 1.807) is 0 Å². The molecule has 0 radical (unpaired) electrons. The second kappa shape index (κ2) is 3.95. The zero-order valence-electron chi connectivity index (χ0n) is 8.72. The smallest absolute Gasteiger partial charge is 0.334 e. The lowest BCUT2D eigenvalue weighted by molar-refractivity contribution is -0.143. The highest BCUT2D eigenvalue weighted by Crippen LogP contribution is 2.30. The lowest BCUT2D eigenvalue weighted by Crippen LogP contribution is -2.17. The average Bonchev–Trinajstić information content (AvgIpc) is 2.25. The quantitative estimate of drug-likeness (QED) is 0.381. The van der Waals surface area contributed by atoms with Crippen molar-refractivity contribution in [3.8, 4) is 0 Å². The molecule has 0 aromatic heterocycles. The van der Waals surface area contributed by atoms with Gasteiger partial charge in [0.1, 0.15) is 5.60 Å². The van der Waals surface area contributed by atoms with Gasteiger partial charge in [-0.1, -0.05) is 25.8 Å². The van der Waals surface area contributed by atoms with Crippen LogP contribution in [0.25, 0.3) is 0 Å². The van der Waals surface area contributed by atoms with Crippen molar-refractivity contribution in [2.24, 2.45) is 0 Å². The van der Waals surface area contributed by atoms with Gasteiger partial charge in [-0.3, -0.25) is 0 Å². The molecule has 0 amide bonds. The molecule has 1 heterocycles. The van der Waals surface area contributed by atoms with Crippen molar-refractivity contribution in [1.82, 2.24) is 0 Å². The fourth-order valence-corrected chi connectivity index (χ4v) is 1.52. The second-order valence-electron chi connectivity index (χ2n) is 4.20. The Kier molecular flexibility index (Phi) is 3.12. The maximum absolute atomic E-state index is 11.3. The van der Waals surface area contributed by atoms with Crippen LogP contribution < -0.4 is 0 Å². The van der Waals surface area contributed by atoms with Crippen LogP contribution in [-0.2, 0) is 9.53 Å². The molecule has 1 fully saturated rings. The minimum Gasteiger partial charge on any atom is -0.456 e. The van der Waals surface area contributed by atoms with Gasteiger partial charge in [-0.05, 0) is 20.3 Å². The van der Waals surface area contributed by atoms with E-state index in [1.165, 1.54) is 6.42 Å². The van der Waals surface area contributed by atoms with E-state index in [2.05, 4.69) is 6.92 Å². The van der Waals surface area contributed by atoms with E-state index in [-0.39, 0.29) is 11.6 Å². The van der Waals surface area contributed by atoms with Gasteiger partial charge in [0.25, 0.3) is 0 Å². The predicted molar refractivity (Wildman–Crippen MR) is 52.4 cm³/mol. The molecule has 0 aromatic carbocycles. The van der Waals surface area contributed by atoms with E-state index in [0.717, 1.165) is 24.8 Å². The Hall–Kier alpha value is -0.790. The van der Waals surface area contributed by atoms with Crippen molar-refractivity contribution < 1.29 is 9.53 Å². The van der Waals surface area contributed by atoms with Crippen LogP contribution >= 0.6 is 0 Å². The molecule has 0 aliphatic carbocycles. The Bertz CT molecular complexity index is 226. The molecule has 1 aliphatic heterocycles. The maximum atomic E-state index is 11.3. The standard InChI is InChI=1S/C11H18O2/c1-4-5-6-7-9-8-11(2,3)13-10(9)12/h7H,4-6,8H2,1-3H3/b9-7+. The van der Waals surface area contributed by atoms with Crippen LogP contribution in [0.3, 0.4) is 0 Å². The summed E-state index contributed by atoms with van der Waals surface area (Å²) >= 11 is 0. The van der Waals surface area contributed by atoms with E-state index in [4.69, 9.17) is 4.74 Å². The number of ether oxygens (including phenoxy) is 1. The predicted octanol–water partition coefficient (Wildman–Crippen LogP) is 2.83. The lowest BCUT2D eigenvalue weighted by atomic mass is 10.0. The third-order valence-corrected chi connectivity index (χ3v) is 2.20. The minimum atomic E-state index is -0.283. The summed E-state index contributed by atoms with van der Waals surface area (Å²) in [5.41, 5.74) is 0.577. The number of cyclic esters (lactones) is 1. The number of hydrogen-bond donors (Lipinski definition) is 0. The topological polar surface area (TPSA) is 26.3 Å². The average molecular weight is 182 g/mol. The molecule has 0 atom stereocenters. The fourth-order valence-electron chi connectivity index (χ4n) is 1.52. The first-order valence-corrected chi connectivity index (χ1v) is 4.97. The van der Waals surface area contributed by atoms with Gasteiger partial charge in [0, 0.05) is 12.0 Å². The van der Waals surface area contributed by atoms with Crippen LogP contribution in [0, 0.1) is 0 Å². The first kappa shape index (κ1) is 10.3. The largest absolute Gasteiger partial charge is 0.456 e. The van der Waals surface area contributed by atoms with Crippen LogP contribution in [0.4, 0.5) is 0 Å². The van der Waals surface area contributed by atoms with Gasteiger partial charge in [-0.2, -0.15) is 0 Å². The summed E-state index contributed by atoms with van der Waals surface area (Å²) in [7, 11) is 0. The highest BCUT2D eigenvalue weighted by molar-refractivity contribution is 5.91. The fraction of sp³-hybridized carbons (Fsp3) is 0.727. The molecule has 2 nitrogen and oxygen atoms in total. The van der Waals surface area contributed by atoms with Crippen LogP contribution in [-0.4, -0.2) is 11.6 Å². The number of unbranched alkanes of at least 4 members (excludes halogenated alkanes) is 2. The summed E-state index contributed by atoms with van der Waals surface area (Å²) in [5, 5.41) is 0. The van der Waals surface area contributed by atoms with Crippen molar-refractivity contribution in [3.05, 3.63) is 11.6 Å². The summed E-state index contributed by atoms with van der Waals surface area (Å²) in [5.74, 6) is -0.124. The van der Waals surface area contributed by atoms with Crippen molar-refractivity contribution in [1.29, 1.82) is 0 Å². The molecule has 1 saturated heterocycles. The number of esters is 1. The summed E-state index contributed by atoms with van der Waals surface area (Å²) in [6, 6.07) is 0. The van der Waals surface area contributed by atoms with Gasteiger partial charge in [0.05, 0.1) is 0 Å². The molecule has 1 aliphatic rings. The van der Waals surface area contributed by atoms with Gasteiger partial charge in [-0.15, -0.1) is 0 Å². The summed E-state index contributed by atoms with van der Waals surface area (Å²) < 4.78 is 5.18. The van der Waals surface area contributed by atoms with E-state index in [1.807, 2.05) is 19.9 Å². The SMILES string of the molecule is CCCC/C=C1\CC(C)(C)OC1=O. The molecular weight excluding hydrogens is 164 g/mol. The Morgan fingerprint density at radius 2 is 2.23 bits per heavy atom. The van der Waals surface area contributed by atoms with Crippen molar-refractivity contribution in [3.63, 3.8) is 0 Å². The van der Waals surface area contributed by atoms with Crippen molar-refractivity contribution in [2.45, 2.75) is 52.1 Å². The molecule has 0 spiro atoms. The molecule has 0 unspecified atom stereocenters. The zero-order valence-corrected chi connectivity index (χ0v) is 8.72. The minimum absolute atomic E-state index is 0.124. The first-order valence-electron chi connectivity index (χ1n) is 4.97. The third kappa shape index (κ3) is 2.87. The van der Waals surface area contributed by atoms with Gasteiger partial charge in [-0.25, -0.2) is 4.79 Å². The Labute approximate surface area is 80.0 Å². The van der Waals surface area contributed by atoms with Gasteiger partial charge in [0.2, 0.25) is 0 Å². The highest BCUT2D eigenvalue weighted by atomic mass is 16.6. The number of carbonyl (C=O) groups excluding carboxylic acids is 1. The highest BCUT2D eigenvalue weighted by Gasteiger charge is 2.34. The number of rotatable bonds is 3. The van der Waals surface area contributed by atoms with E-state index < -0.39 is 0 Å². The van der Waals surface area contributed by atoms with Crippen molar-refractivity contribution in [2.75, 3.05) is 0 Å². The third-order valence-electron chi connectivity index (χ3n) is 2.20. The second-order valence-corrected chi connectivity index (χ2v) is 4.20. The van der Waals surface area contributed by atoms with Gasteiger partial charge < -0.3 is 4.74 Å². The van der Waals surface area contributed by atoms with E-state index in [9.17, 15) is 4.79 Å². The number of carbonyl (C=O) groups is 1. The normalized spacial score (nSPS) is 23.6. The van der Waals surface area contributed by atoms with E-state index in [0.29, 0.717) is 0 Å². The number of allylic oxidation sites excluding steroid dienone is 1. The molecule has 0 aromatic rings. The Morgan fingerprint density at radius 1 is 1.54 bits per heavy atom. The van der Waals surface area contributed by atoms with Crippen LogP contribution in [0.5, 0.6) is 0 Å². The number of hydrogen-bond acceptors (Lipinski definition) is 2. The lowest BCUT2D eigenvalue weighted by Gasteiger charge is -2.13.